The molecule has 0 atom stereocenters. The first kappa shape index (κ1) is 14.9. The molecular weight excluding hydrogens is 333 g/mol. The maximum absolute atomic E-state index is 12.4. The fraction of sp³-hybridized carbons (Fsp3) is 0.200. The fourth-order valence-corrected chi connectivity index (χ4v) is 2.02. The molecule has 0 N–H and O–H groups in total. The van der Waals surface area contributed by atoms with Crippen molar-refractivity contribution < 1.29 is 17.9 Å². The summed E-state index contributed by atoms with van der Waals surface area (Å²) in [5.74, 6) is 0.696. The van der Waals surface area contributed by atoms with Gasteiger partial charge in [-0.25, -0.2) is 0 Å². The van der Waals surface area contributed by atoms with E-state index in [1.807, 2.05) is 24.3 Å². The van der Waals surface area contributed by atoms with E-state index in [-0.39, 0.29) is 6.61 Å². The molecule has 2 aromatic rings. The first-order valence-electron chi connectivity index (χ1n) is 5.93. The lowest BCUT2D eigenvalue weighted by Gasteiger charge is -2.09. The second-order valence-electron chi connectivity index (χ2n) is 4.26. The van der Waals surface area contributed by atoms with Crippen LogP contribution in [0.1, 0.15) is 16.7 Å². The lowest BCUT2D eigenvalue weighted by molar-refractivity contribution is -0.137. The van der Waals surface area contributed by atoms with Crippen molar-refractivity contribution in [3.63, 3.8) is 0 Å². The number of ether oxygens (including phenoxy) is 1. The van der Waals surface area contributed by atoms with E-state index < -0.39 is 11.7 Å². The van der Waals surface area contributed by atoms with E-state index in [2.05, 4.69) is 15.9 Å². The highest BCUT2D eigenvalue weighted by Gasteiger charge is 2.29. The van der Waals surface area contributed by atoms with Gasteiger partial charge in [0.1, 0.15) is 12.4 Å². The Kier molecular flexibility index (Phi) is 4.70. The van der Waals surface area contributed by atoms with Gasteiger partial charge in [-0.1, -0.05) is 40.2 Å². The van der Waals surface area contributed by atoms with Gasteiger partial charge >= 0.3 is 6.18 Å². The summed E-state index contributed by atoms with van der Waals surface area (Å²) in [5, 5.41) is 0.727. The van der Waals surface area contributed by atoms with Crippen molar-refractivity contribution in [2.75, 3.05) is 0 Å². The minimum atomic E-state index is -4.30. The fourth-order valence-electron chi connectivity index (χ4n) is 1.68. The van der Waals surface area contributed by atoms with E-state index in [9.17, 15) is 13.2 Å². The molecule has 0 saturated carbocycles. The molecule has 106 valence electrons. The van der Waals surface area contributed by atoms with Crippen molar-refractivity contribution in [2.24, 2.45) is 0 Å². The number of halogens is 4. The minimum absolute atomic E-state index is 0.240. The molecule has 0 fully saturated rings. The van der Waals surface area contributed by atoms with Crippen molar-refractivity contribution in [1.82, 2.24) is 0 Å². The molecule has 0 saturated heterocycles. The molecule has 0 heterocycles. The van der Waals surface area contributed by atoms with Gasteiger partial charge in [-0.3, -0.25) is 0 Å². The molecule has 0 aliphatic rings. The Labute approximate surface area is 123 Å². The van der Waals surface area contributed by atoms with E-state index in [4.69, 9.17) is 4.74 Å². The van der Waals surface area contributed by atoms with Crippen molar-refractivity contribution in [3.05, 3.63) is 65.2 Å². The van der Waals surface area contributed by atoms with Crippen LogP contribution in [0.5, 0.6) is 5.75 Å². The lowest BCUT2D eigenvalue weighted by Crippen LogP contribution is -2.05. The standard InChI is InChI=1S/C15H12BrF3O/c16-9-12-2-1-3-14(8-12)20-10-11-4-6-13(7-5-11)15(17,18)19/h1-8H,9-10H2. The largest absolute Gasteiger partial charge is 0.489 e. The van der Waals surface area contributed by atoms with Gasteiger partial charge in [-0.15, -0.1) is 0 Å². The zero-order valence-corrected chi connectivity index (χ0v) is 12.0. The molecule has 20 heavy (non-hydrogen) atoms. The molecule has 0 bridgehead atoms. The summed E-state index contributed by atoms with van der Waals surface area (Å²) in [5.41, 5.74) is 1.12. The third kappa shape index (κ3) is 4.00. The van der Waals surface area contributed by atoms with Gasteiger partial charge in [0.2, 0.25) is 0 Å². The van der Waals surface area contributed by atoms with Gasteiger partial charge in [0.15, 0.2) is 0 Å². The van der Waals surface area contributed by atoms with Crippen molar-refractivity contribution in [2.45, 2.75) is 18.1 Å². The van der Waals surface area contributed by atoms with Crippen LogP contribution in [0.25, 0.3) is 0 Å². The average Bonchev–Trinajstić information content (AvgIpc) is 2.45. The second kappa shape index (κ2) is 6.31. The van der Waals surface area contributed by atoms with Crippen LogP contribution in [0.15, 0.2) is 48.5 Å². The Morgan fingerprint density at radius 1 is 0.950 bits per heavy atom. The summed E-state index contributed by atoms with van der Waals surface area (Å²) < 4.78 is 42.8. The smallest absolute Gasteiger partial charge is 0.416 e. The minimum Gasteiger partial charge on any atom is -0.489 e. The molecule has 0 amide bonds. The van der Waals surface area contributed by atoms with E-state index in [1.54, 1.807) is 0 Å². The monoisotopic (exact) mass is 344 g/mol. The molecule has 0 spiro atoms. The predicted octanol–water partition coefficient (Wildman–Crippen LogP) is 5.18. The van der Waals surface area contributed by atoms with E-state index >= 15 is 0 Å². The van der Waals surface area contributed by atoms with E-state index in [1.165, 1.54) is 12.1 Å². The first-order chi connectivity index (χ1) is 9.49. The van der Waals surface area contributed by atoms with Crippen LogP contribution >= 0.6 is 15.9 Å². The molecule has 0 unspecified atom stereocenters. The molecule has 0 radical (unpaired) electrons. The van der Waals surface area contributed by atoms with Gasteiger partial charge < -0.3 is 4.74 Å². The molecule has 0 aliphatic carbocycles. The molecule has 0 aromatic heterocycles. The summed E-state index contributed by atoms with van der Waals surface area (Å²) >= 11 is 3.35. The highest BCUT2D eigenvalue weighted by molar-refractivity contribution is 9.08. The van der Waals surface area contributed by atoms with Crippen LogP contribution in [-0.2, 0) is 18.1 Å². The summed E-state index contributed by atoms with van der Waals surface area (Å²) in [4.78, 5) is 0. The maximum atomic E-state index is 12.4. The van der Waals surface area contributed by atoms with Crippen LogP contribution < -0.4 is 4.74 Å². The molecule has 5 heteroatoms. The quantitative estimate of drug-likeness (QED) is 0.694. The Bertz CT molecular complexity index is 564. The van der Waals surface area contributed by atoms with Crippen molar-refractivity contribution in [1.29, 1.82) is 0 Å². The van der Waals surface area contributed by atoms with Crippen LogP contribution in [0.2, 0.25) is 0 Å². The average molecular weight is 345 g/mol. The summed E-state index contributed by atoms with van der Waals surface area (Å²) in [7, 11) is 0. The van der Waals surface area contributed by atoms with Gasteiger partial charge in [-0.05, 0) is 35.4 Å². The van der Waals surface area contributed by atoms with Gasteiger partial charge in [-0.2, -0.15) is 13.2 Å². The highest BCUT2D eigenvalue weighted by atomic mass is 79.9. The number of benzene rings is 2. The topological polar surface area (TPSA) is 9.23 Å². The van der Waals surface area contributed by atoms with E-state index in [0.29, 0.717) is 11.3 Å². The van der Waals surface area contributed by atoms with Crippen LogP contribution in [0.3, 0.4) is 0 Å². The third-order valence-electron chi connectivity index (χ3n) is 2.74. The Morgan fingerprint density at radius 2 is 1.65 bits per heavy atom. The Balaban J connectivity index is 2.00. The van der Waals surface area contributed by atoms with E-state index in [0.717, 1.165) is 23.0 Å². The maximum Gasteiger partial charge on any atom is 0.416 e. The first-order valence-corrected chi connectivity index (χ1v) is 7.05. The van der Waals surface area contributed by atoms with Gasteiger partial charge in [0.25, 0.3) is 0 Å². The summed E-state index contributed by atoms with van der Waals surface area (Å²) in [6.07, 6.45) is -4.30. The molecule has 2 aromatic carbocycles. The van der Waals surface area contributed by atoms with Crippen LogP contribution in [0, 0.1) is 0 Å². The lowest BCUT2D eigenvalue weighted by atomic mass is 10.1. The number of hydrogen-bond donors (Lipinski definition) is 0. The zero-order valence-electron chi connectivity index (χ0n) is 10.5. The van der Waals surface area contributed by atoms with Gasteiger partial charge in [0, 0.05) is 5.33 Å². The van der Waals surface area contributed by atoms with Crippen LogP contribution in [-0.4, -0.2) is 0 Å². The molecular formula is C15H12BrF3O. The Morgan fingerprint density at radius 3 is 2.25 bits per heavy atom. The summed E-state index contributed by atoms with van der Waals surface area (Å²) in [6, 6.07) is 12.5. The number of alkyl halides is 4. The van der Waals surface area contributed by atoms with Crippen LogP contribution in [0.4, 0.5) is 13.2 Å². The normalized spacial score (nSPS) is 11.4. The SMILES string of the molecule is FC(F)(F)c1ccc(COc2cccc(CBr)c2)cc1. The molecule has 2 rings (SSSR count). The highest BCUT2D eigenvalue weighted by Crippen LogP contribution is 2.29. The Hall–Kier alpha value is -1.49. The van der Waals surface area contributed by atoms with Gasteiger partial charge in [0.05, 0.1) is 5.56 Å². The predicted molar refractivity (Wildman–Crippen MR) is 74.8 cm³/mol. The number of rotatable bonds is 4. The number of hydrogen-bond acceptors (Lipinski definition) is 1. The zero-order chi connectivity index (χ0) is 14.6. The van der Waals surface area contributed by atoms with Crippen molar-refractivity contribution in [3.8, 4) is 5.75 Å². The van der Waals surface area contributed by atoms with Crippen molar-refractivity contribution >= 4 is 15.9 Å². The third-order valence-corrected chi connectivity index (χ3v) is 3.39. The second-order valence-corrected chi connectivity index (χ2v) is 4.83. The summed E-state index contributed by atoms with van der Waals surface area (Å²) in [6.45, 7) is 0.240. The molecule has 1 nitrogen and oxygen atoms in total. The molecule has 0 aliphatic heterocycles.